The number of hydrogen-bond donors (Lipinski definition) is 0. The third-order valence-electron chi connectivity index (χ3n) is 2.01. The second-order valence-corrected chi connectivity index (χ2v) is 4.23. The Bertz CT molecular complexity index is 258. The number of aromatic nitrogens is 1. The molecule has 72 valence electrons. The summed E-state index contributed by atoms with van der Waals surface area (Å²) >= 11 is 5.82. The van der Waals surface area contributed by atoms with Crippen molar-refractivity contribution < 1.29 is 0 Å². The average Bonchev–Trinajstić information content (AvgIpc) is 2.03. The summed E-state index contributed by atoms with van der Waals surface area (Å²) in [5.74, 6) is 0.784. The highest BCUT2D eigenvalue weighted by molar-refractivity contribution is 6.30. The van der Waals surface area contributed by atoms with Crippen molar-refractivity contribution in [3.8, 4) is 0 Å². The summed E-state index contributed by atoms with van der Waals surface area (Å²) in [5.41, 5.74) is 1.24. The topological polar surface area (TPSA) is 12.9 Å². The summed E-state index contributed by atoms with van der Waals surface area (Å²) < 4.78 is 0. The van der Waals surface area contributed by atoms with Crippen LogP contribution in [0.1, 0.15) is 32.3 Å². The third kappa shape index (κ3) is 4.28. The summed E-state index contributed by atoms with van der Waals surface area (Å²) in [6, 6.07) is 1.99. The molecule has 1 nitrogen and oxygen atoms in total. The molecule has 0 spiro atoms. The van der Waals surface area contributed by atoms with Crippen molar-refractivity contribution in [2.45, 2.75) is 33.1 Å². The van der Waals surface area contributed by atoms with Crippen molar-refractivity contribution in [3.63, 3.8) is 0 Å². The first-order valence-corrected chi connectivity index (χ1v) is 5.15. The van der Waals surface area contributed by atoms with Crippen molar-refractivity contribution in [2.75, 3.05) is 0 Å². The van der Waals surface area contributed by atoms with Gasteiger partial charge >= 0.3 is 0 Å². The van der Waals surface area contributed by atoms with Crippen LogP contribution in [0.15, 0.2) is 18.5 Å². The second kappa shape index (κ2) is 5.23. The van der Waals surface area contributed by atoms with Crippen molar-refractivity contribution in [3.05, 3.63) is 29.0 Å². The van der Waals surface area contributed by atoms with Gasteiger partial charge in [-0.3, -0.25) is 4.98 Å². The Balaban J connectivity index is 2.37. The quantitative estimate of drug-likeness (QED) is 0.717. The van der Waals surface area contributed by atoms with Gasteiger partial charge in [0.15, 0.2) is 0 Å². The molecule has 0 N–H and O–H groups in total. The van der Waals surface area contributed by atoms with Gasteiger partial charge in [-0.2, -0.15) is 0 Å². The van der Waals surface area contributed by atoms with Gasteiger partial charge in [0, 0.05) is 12.4 Å². The van der Waals surface area contributed by atoms with E-state index < -0.39 is 0 Å². The summed E-state index contributed by atoms with van der Waals surface area (Å²) in [7, 11) is 0. The van der Waals surface area contributed by atoms with Gasteiger partial charge in [-0.15, -0.1) is 0 Å². The van der Waals surface area contributed by atoms with E-state index in [1.807, 2.05) is 12.3 Å². The van der Waals surface area contributed by atoms with E-state index in [-0.39, 0.29) is 0 Å². The number of aryl methyl sites for hydroxylation is 1. The fraction of sp³-hybridized carbons (Fsp3) is 0.545. The summed E-state index contributed by atoms with van der Waals surface area (Å²) in [6.45, 7) is 4.49. The molecule has 0 aliphatic rings. The fourth-order valence-corrected chi connectivity index (χ4v) is 1.50. The van der Waals surface area contributed by atoms with Gasteiger partial charge in [-0.05, 0) is 30.4 Å². The first kappa shape index (κ1) is 10.5. The molecule has 0 aromatic carbocycles. The van der Waals surface area contributed by atoms with Crippen molar-refractivity contribution in [2.24, 2.45) is 5.92 Å². The first-order chi connectivity index (χ1) is 6.18. The van der Waals surface area contributed by atoms with Crippen molar-refractivity contribution in [1.29, 1.82) is 0 Å². The molecule has 1 aromatic rings. The van der Waals surface area contributed by atoms with Crippen LogP contribution in [-0.4, -0.2) is 4.98 Å². The van der Waals surface area contributed by atoms with Gasteiger partial charge in [-0.25, -0.2) is 0 Å². The Kier molecular flexibility index (Phi) is 4.23. The maximum Gasteiger partial charge on any atom is 0.0592 e. The molecule has 1 heterocycles. The predicted octanol–water partition coefficient (Wildman–Crippen LogP) is 3.71. The molecule has 0 saturated carbocycles. The zero-order chi connectivity index (χ0) is 9.68. The highest BCUT2D eigenvalue weighted by atomic mass is 35.5. The molecule has 0 aliphatic carbocycles. The number of rotatable bonds is 4. The van der Waals surface area contributed by atoms with Gasteiger partial charge in [-0.1, -0.05) is 31.9 Å². The van der Waals surface area contributed by atoms with E-state index in [0.717, 1.165) is 17.4 Å². The Morgan fingerprint density at radius 3 is 2.77 bits per heavy atom. The molecule has 1 rings (SSSR count). The number of halogens is 1. The molecule has 2 heteroatoms. The molecule has 0 atom stereocenters. The van der Waals surface area contributed by atoms with Gasteiger partial charge in [0.2, 0.25) is 0 Å². The third-order valence-corrected chi connectivity index (χ3v) is 2.22. The van der Waals surface area contributed by atoms with E-state index in [1.54, 1.807) is 6.20 Å². The van der Waals surface area contributed by atoms with Crippen molar-refractivity contribution >= 4 is 11.6 Å². The largest absolute Gasteiger partial charge is 0.263 e. The number of hydrogen-bond acceptors (Lipinski definition) is 1. The first-order valence-electron chi connectivity index (χ1n) is 4.78. The molecule has 0 unspecified atom stereocenters. The highest BCUT2D eigenvalue weighted by Crippen LogP contribution is 2.12. The van der Waals surface area contributed by atoms with Crippen LogP contribution in [0.3, 0.4) is 0 Å². The van der Waals surface area contributed by atoms with Crippen molar-refractivity contribution in [1.82, 2.24) is 4.98 Å². The van der Waals surface area contributed by atoms with E-state index in [0.29, 0.717) is 0 Å². The zero-order valence-electron chi connectivity index (χ0n) is 8.26. The SMILES string of the molecule is CC(C)CCCc1cncc(Cl)c1. The summed E-state index contributed by atoms with van der Waals surface area (Å²) in [6.07, 6.45) is 7.15. The van der Waals surface area contributed by atoms with Crippen LogP contribution >= 0.6 is 11.6 Å². The minimum atomic E-state index is 0.738. The predicted molar refractivity (Wildman–Crippen MR) is 57.0 cm³/mol. The van der Waals surface area contributed by atoms with E-state index in [2.05, 4.69) is 18.8 Å². The molecule has 0 saturated heterocycles. The fourth-order valence-electron chi connectivity index (χ4n) is 1.31. The molecule has 0 radical (unpaired) electrons. The monoisotopic (exact) mass is 197 g/mol. The average molecular weight is 198 g/mol. The molecule has 1 aromatic heterocycles. The lowest BCUT2D eigenvalue weighted by Gasteiger charge is -2.04. The molecule has 0 aliphatic heterocycles. The molecule has 0 bridgehead atoms. The standard InChI is InChI=1S/C11H16ClN/c1-9(2)4-3-5-10-6-11(12)8-13-7-10/h6-9H,3-5H2,1-2H3. The second-order valence-electron chi connectivity index (χ2n) is 3.80. The smallest absolute Gasteiger partial charge is 0.0592 e. The molecular weight excluding hydrogens is 182 g/mol. The Hall–Kier alpha value is -0.560. The minimum absolute atomic E-state index is 0.738. The van der Waals surface area contributed by atoms with Crippen LogP contribution in [-0.2, 0) is 6.42 Å². The van der Waals surface area contributed by atoms with E-state index >= 15 is 0 Å². The minimum Gasteiger partial charge on any atom is -0.263 e. The van der Waals surface area contributed by atoms with E-state index in [4.69, 9.17) is 11.6 Å². The van der Waals surface area contributed by atoms with Crippen LogP contribution in [0.4, 0.5) is 0 Å². The normalized spacial score (nSPS) is 10.8. The maximum atomic E-state index is 5.82. The highest BCUT2D eigenvalue weighted by Gasteiger charge is 1.97. The maximum absolute atomic E-state index is 5.82. The number of nitrogens with zero attached hydrogens (tertiary/aromatic N) is 1. The van der Waals surface area contributed by atoms with E-state index in [9.17, 15) is 0 Å². The van der Waals surface area contributed by atoms with Crippen LogP contribution in [0.25, 0.3) is 0 Å². The lowest BCUT2D eigenvalue weighted by atomic mass is 10.0. The van der Waals surface area contributed by atoms with Gasteiger partial charge in [0.05, 0.1) is 5.02 Å². The lowest BCUT2D eigenvalue weighted by Crippen LogP contribution is -1.91. The molecule has 0 amide bonds. The summed E-state index contributed by atoms with van der Waals surface area (Å²) in [5, 5.41) is 0.738. The van der Waals surface area contributed by atoms with Crippen LogP contribution in [0, 0.1) is 5.92 Å². The van der Waals surface area contributed by atoms with Gasteiger partial charge in [0.1, 0.15) is 0 Å². The van der Waals surface area contributed by atoms with Crippen LogP contribution in [0.5, 0.6) is 0 Å². The Labute approximate surface area is 85.1 Å². The van der Waals surface area contributed by atoms with Crippen LogP contribution < -0.4 is 0 Å². The zero-order valence-corrected chi connectivity index (χ0v) is 9.01. The Morgan fingerprint density at radius 1 is 1.38 bits per heavy atom. The lowest BCUT2D eigenvalue weighted by molar-refractivity contribution is 0.555. The molecule has 13 heavy (non-hydrogen) atoms. The molecule has 0 fully saturated rings. The van der Waals surface area contributed by atoms with Gasteiger partial charge < -0.3 is 0 Å². The number of pyridine rings is 1. The van der Waals surface area contributed by atoms with Crippen LogP contribution in [0.2, 0.25) is 5.02 Å². The molecular formula is C11H16ClN. The van der Waals surface area contributed by atoms with E-state index in [1.165, 1.54) is 18.4 Å². The Morgan fingerprint density at radius 2 is 2.15 bits per heavy atom. The van der Waals surface area contributed by atoms with Gasteiger partial charge in [0.25, 0.3) is 0 Å². The summed E-state index contributed by atoms with van der Waals surface area (Å²) in [4.78, 5) is 4.05.